The van der Waals surface area contributed by atoms with E-state index in [2.05, 4.69) is 5.32 Å². The van der Waals surface area contributed by atoms with Crippen LogP contribution < -0.4 is 5.32 Å². The quantitative estimate of drug-likeness (QED) is 0.502. The zero-order chi connectivity index (χ0) is 16.8. The van der Waals surface area contributed by atoms with E-state index in [0.717, 1.165) is 6.20 Å². The molecule has 0 aromatic heterocycles. The molecular formula is C15H12ClNO6. The maximum absolute atomic E-state index is 11.9. The summed E-state index contributed by atoms with van der Waals surface area (Å²) in [5.74, 6) is -3.51. The van der Waals surface area contributed by atoms with Gasteiger partial charge in [0.25, 0.3) is 5.79 Å². The Hall–Kier alpha value is -2.54. The third kappa shape index (κ3) is 2.75. The van der Waals surface area contributed by atoms with Crippen LogP contribution in [0, 0.1) is 0 Å². The average Bonchev–Trinajstić information content (AvgIpc) is 2.80. The Morgan fingerprint density at radius 3 is 2.43 bits per heavy atom. The fraction of sp³-hybridized carbons (Fsp3) is 0.267. The third-order valence-corrected chi connectivity index (χ3v) is 3.60. The Balaban J connectivity index is 1.92. The first-order valence-electron chi connectivity index (χ1n) is 6.70. The number of carbonyl (C=O) groups excluding carboxylic acids is 3. The second-order valence-electron chi connectivity index (χ2n) is 5.41. The largest absolute Gasteiger partial charge is 0.457 e. The molecule has 0 aliphatic carbocycles. The van der Waals surface area contributed by atoms with Gasteiger partial charge in [0.1, 0.15) is 6.61 Å². The number of nitrogens with one attached hydrogen (secondary N) is 1. The molecule has 1 aromatic carbocycles. The van der Waals surface area contributed by atoms with Crippen LogP contribution in [0.2, 0.25) is 5.02 Å². The van der Waals surface area contributed by atoms with Crippen LogP contribution in [0.3, 0.4) is 0 Å². The molecule has 1 aromatic rings. The Bertz CT molecular complexity index is 745. The summed E-state index contributed by atoms with van der Waals surface area (Å²) < 4.78 is 14.9. The highest BCUT2D eigenvalue weighted by atomic mass is 35.5. The van der Waals surface area contributed by atoms with Gasteiger partial charge >= 0.3 is 17.9 Å². The fourth-order valence-corrected chi connectivity index (χ4v) is 2.47. The van der Waals surface area contributed by atoms with E-state index >= 15 is 0 Å². The van der Waals surface area contributed by atoms with E-state index in [1.54, 1.807) is 12.1 Å². The molecule has 120 valence electrons. The summed E-state index contributed by atoms with van der Waals surface area (Å²) in [5, 5.41) is 2.95. The molecule has 0 spiro atoms. The number of rotatable bonds is 2. The maximum Gasteiger partial charge on any atom is 0.350 e. The van der Waals surface area contributed by atoms with E-state index in [9.17, 15) is 14.4 Å². The van der Waals surface area contributed by atoms with Crippen LogP contribution in [0.15, 0.2) is 23.9 Å². The van der Waals surface area contributed by atoms with Gasteiger partial charge in [0.15, 0.2) is 5.57 Å². The molecule has 0 radical (unpaired) electrons. The minimum atomic E-state index is -1.32. The van der Waals surface area contributed by atoms with Gasteiger partial charge in [-0.05, 0) is 6.07 Å². The highest BCUT2D eigenvalue weighted by molar-refractivity contribution is 6.34. The average molecular weight is 338 g/mol. The number of anilines is 1. The first-order valence-corrected chi connectivity index (χ1v) is 7.08. The Morgan fingerprint density at radius 2 is 1.78 bits per heavy atom. The van der Waals surface area contributed by atoms with Crippen LogP contribution in [0.25, 0.3) is 0 Å². The summed E-state index contributed by atoms with van der Waals surface area (Å²) in [6.07, 6.45) is 1.10. The molecule has 2 heterocycles. The lowest BCUT2D eigenvalue weighted by atomic mass is 10.1. The van der Waals surface area contributed by atoms with Crippen LogP contribution in [0.1, 0.15) is 29.8 Å². The molecule has 8 heteroatoms. The van der Waals surface area contributed by atoms with Gasteiger partial charge in [-0.1, -0.05) is 17.7 Å². The SMILES string of the molecule is CC1(C)OC(=O)C(=CNc2c(Cl)ccc3c2C(=O)OC3)C(=O)O1. The number of hydrogen-bond acceptors (Lipinski definition) is 7. The molecule has 1 saturated heterocycles. The molecule has 0 bridgehead atoms. The predicted octanol–water partition coefficient (Wildman–Crippen LogP) is 2.14. The van der Waals surface area contributed by atoms with Gasteiger partial charge in [-0.15, -0.1) is 0 Å². The Morgan fingerprint density at radius 1 is 1.13 bits per heavy atom. The van der Waals surface area contributed by atoms with Gasteiger partial charge in [-0.25, -0.2) is 14.4 Å². The molecule has 7 nitrogen and oxygen atoms in total. The molecular weight excluding hydrogens is 326 g/mol. The third-order valence-electron chi connectivity index (χ3n) is 3.28. The molecule has 2 aliphatic heterocycles. The first kappa shape index (κ1) is 15.4. The number of halogens is 1. The summed E-state index contributed by atoms with van der Waals surface area (Å²) in [5.41, 5.74) is 0.858. The van der Waals surface area contributed by atoms with Crippen molar-refractivity contribution in [2.24, 2.45) is 0 Å². The summed E-state index contributed by atoms with van der Waals surface area (Å²) in [6.45, 7) is 3.04. The summed E-state index contributed by atoms with van der Waals surface area (Å²) in [4.78, 5) is 35.5. The van der Waals surface area contributed by atoms with Crippen molar-refractivity contribution in [2.75, 3.05) is 5.32 Å². The van der Waals surface area contributed by atoms with E-state index in [-0.39, 0.29) is 28.5 Å². The van der Waals surface area contributed by atoms with Crippen molar-refractivity contribution in [3.8, 4) is 0 Å². The van der Waals surface area contributed by atoms with Gasteiger partial charge in [0.2, 0.25) is 0 Å². The van der Waals surface area contributed by atoms with Gasteiger partial charge in [-0.2, -0.15) is 0 Å². The van der Waals surface area contributed by atoms with Crippen LogP contribution in [0.4, 0.5) is 5.69 Å². The van der Waals surface area contributed by atoms with E-state index in [1.165, 1.54) is 13.8 Å². The Kier molecular flexibility index (Phi) is 3.52. The zero-order valence-corrected chi connectivity index (χ0v) is 13.0. The van der Waals surface area contributed by atoms with Gasteiger partial charge in [-0.3, -0.25) is 0 Å². The molecule has 0 saturated carbocycles. The van der Waals surface area contributed by atoms with E-state index < -0.39 is 23.7 Å². The summed E-state index contributed by atoms with van der Waals surface area (Å²) in [7, 11) is 0. The zero-order valence-electron chi connectivity index (χ0n) is 12.3. The molecule has 1 fully saturated rings. The van der Waals surface area contributed by atoms with E-state index in [4.69, 9.17) is 25.8 Å². The van der Waals surface area contributed by atoms with Crippen LogP contribution in [-0.4, -0.2) is 23.7 Å². The van der Waals surface area contributed by atoms with Crippen LogP contribution >= 0.6 is 11.6 Å². The van der Waals surface area contributed by atoms with Crippen molar-refractivity contribution in [3.63, 3.8) is 0 Å². The minimum Gasteiger partial charge on any atom is -0.457 e. The number of carbonyl (C=O) groups is 3. The smallest absolute Gasteiger partial charge is 0.350 e. The summed E-state index contributed by atoms with van der Waals surface area (Å²) in [6, 6.07) is 3.26. The highest BCUT2D eigenvalue weighted by Gasteiger charge is 2.39. The van der Waals surface area contributed by atoms with Crippen molar-refractivity contribution >= 4 is 35.2 Å². The van der Waals surface area contributed by atoms with Gasteiger partial charge in [0.05, 0.1) is 16.3 Å². The number of benzene rings is 1. The van der Waals surface area contributed by atoms with Crippen molar-refractivity contribution < 1.29 is 28.6 Å². The lowest BCUT2D eigenvalue weighted by molar-refractivity contribution is -0.222. The van der Waals surface area contributed by atoms with Gasteiger partial charge < -0.3 is 19.5 Å². The molecule has 2 aliphatic rings. The maximum atomic E-state index is 11.9. The molecule has 0 atom stereocenters. The molecule has 1 N–H and O–H groups in total. The number of fused-ring (bicyclic) bond motifs is 1. The first-order chi connectivity index (χ1) is 10.8. The van der Waals surface area contributed by atoms with Crippen molar-refractivity contribution in [3.05, 3.63) is 40.1 Å². The molecule has 3 rings (SSSR count). The minimum absolute atomic E-state index is 0.148. The molecule has 0 unspecified atom stereocenters. The van der Waals surface area contributed by atoms with Gasteiger partial charge in [0, 0.05) is 25.6 Å². The van der Waals surface area contributed by atoms with Crippen LogP contribution in [0.5, 0.6) is 0 Å². The fourth-order valence-electron chi connectivity index (χ4n) is 2.25. The lowest BCUT2D eigenvalue weighted by Crippen LogP contribution is -2.42. The standard InChI is InChI=1S/C15H12ClNO6/c1-15(2)22-12(18)8(13(19)23-15)5-17-11-9(16)4-3-7-6-21-14(20)10(7)11/h3-5,17H,6H2,1-2H3. The lowest BCUT2D eigenvalue weighted by Gasteiger charge is -2.29. The second-order valence-corrected chi connectivity index (χ2v) is 5.82. The van der Waals surface area contributed by atoms with Crippen molar-refractivity contribution in [2.45, 2.75) is 26.2 Å². The van der Waals surface area contributed by atoms with Crippen molar-refractivity contribution in [1.82, 2.24) is 0 Å². The van der Waals surface area contributed by atoms with E-state index in [1.807, 2.05) is 0 Å². The number of cyclic esters (lactones) is 3. The number of ether oxygens (including phenoxy) is 3. The van der Waals surface area contributed by atoms with Crippen LogP contribution in [-0.2, 0) is 30.4 Å². The monoisotopic (exact) mass is 337 g/mol. The topological polar surface area (TPSA) is 90.9 Å². The van der Waals surface area contributed by atoms with E-state index in [0.29, 0.717) is 5.56 Å². The molecule has 0 amide bonds. The normalized spacial score (nSPS) is 18.7. The number of hydrogen-bond donors (Lipinski definition) is 1. The highest BCUT2D eigenvalue weighted by Crippen LogP contribution is 2.34. The molecule has 23 heavy (non-hydrogen) atoms. The number of esters is 3. The summed E-state index contributed by atoms with van der Waals surface area (Å²) >= 11 is 6.08. The predicted molar refractivity (Wildman–Crippen MR) is 78.5 cm³/mol. The van der Waals surface area contributed by atoms with Crippen molar-refractivity contribution in [1.29, 1.82) is 0 Å². The Labute approximate surface area is 136 Å². The second kappa shape index (κ2) is 5.27.